The van der Waals surface area contributed by atoms with Crippen molar-refractivity contribution in [3.63, 3.8) is 0 Å². The summed E-state index contributed by atoms with van der Waals surface area (Å²) in [6, 6.07) is 0. The van der Waals surface area contributed by atoms with Crippen molar-refractivity contribution < 1.29 is 14.7 Å². The number of aromatic nitrogens is 4. The van der Waals surface area contributed by atoms with E-state index in [1.54, 1.807) is 0 Å². The molecule has 0 amide bonds. The van der Waals surface area contributed by atoms with Crippen LogP contribution in [-0.2, 0) is 16.1 Å². The van der Waals surface area contributed by atoms with E-state index in [9.17, 15) is 14.7 Å². The highest BCUT2D eigenvalue weighted by Crippen LogP contribution is 2.38. The van der Waals surface area contributed by atoms with Gasteiger partial charge in [-0.15, -0.1) is 5.10 Å². The molecular weight excluding hydrogens is 224 g/mol. The van der Waals surface area contributed by atoms with E-state index in [1.165, 1.54) is 11.0 Å². The summed E-state index contributed by atoms with van der Waals surface area (Å²) in [6.07, 6.45) is 3.49. The van der Waals surface area contributed by atoms with Crippen molar-refractivity contribution in [1.29, 1.82) is 0 Å². The van der Waals surface area contributed by atoms with Crippen LogP contribution in [0, 0.1) is 5.41 Å². The predicted molar refractivity (Wildman–Crippen MR) is 56.0 cm³/mol. The molecular formula is C10H14N4O3. The number of tetrazole rings is 1. The molecule has 7 nitrogen and oxygen atoms in total. The zero-order valence-corrected chi connectivity index (χ0v) is 9.37. The smallest absolute Gasteiger partial charge is 0.309 e. The number of aryl methyl sites for hydroxylation is 1. The molecule has 0 bridgehead atoms. The molecule has 0 unspecified atom stereocenters. The molecule has 1 aliphatic rings. The fourth-order valence-electron chi connectivity index (χ4n) is 2.19. The van der Waals surface area contributed by atoms with Crippen molar-refractivity contribution >= 4 is 11.8 Å². The first-order valence-electron chi connectivity index (χ1n) is 5.58. The molecule has 0 spiro atoms. The van der Waals surface area contributed by atoms with E-state index in [-0.39, 0.29) is 5.78 Å². The van der Waals surface area contributed by atoms with Gasteiger partial charge in [0.15, 0.2) is 0 Å². The SMILES string of the molecule is O=C1CCC(CCn2cnnn2)(C(=O)O)CC1. The number of Topliss-reactive ketones (excluding diaryl/α,β-unsaturated/α-hetero) is 1. The van der Waals surface area contributed by atoms with Crippen LogP contribution in [0.5, 0.6) is 0 Å². The first-order chi connectivity index (χ1) is 8.12. The van der Waals surface area contributed by atoms with Crippen molar-refractivity contribution in [2.45, 2.75) is 38.6 Å². The third kappa shape index (κ3) is 2.48. The first-order valence-corrected chi connectivity index (χ1v) is 5.58. The molecule has 0 aliphatic heterocycles. The van der Waals surface area contributed by atoms with Crippen molar-refractivity contribution in [2.75, 3.05) is 0 Å². The highest BCUT2D eigenvalue weighted by Gasteiger charge is 2.41. The number of carbonyl (C=O) groups is 2. The van der Waals surface area contributed by atoms with Gasteiger partial charge in [-0.2, -0.15) is 0 Å². The van der Waals surface area contributed by atoms with E-state index in [2.05, 4.69) is 15.5 Å². The standard InChI is InChI=1S/C10H14N4O3/c15-8-1-3-10(4-2-8,9(16)17)5-6-14-7-11-12-13-14/h7H,1-6H2,(H,16,17). The third-order valence-corrected chi connectivity index (χ3v) is 3.43. The Morgan fingerprint density at radius 2 is 2.18 bits per heavy atom. The van der Waals surface area contributed by atoms with E-state index in [1.807, 2.05) is 0 Å². The van der Waals surface area contributed by atoms with Gasteiger partial charge >= 0.3 is 5.97 Å². The summed E-state index contributed by atoms with van der Waals surface area (Å²) in [7, 11) is 0. The van der Waals surface area contributed by atoms with E-state index >= 15 is 0 Å². The summed E-state index contributed by atoms with van der Waals surface area (Å²) in [5.74, 6) is -0.664. The average Bonchev–Trinajstić information content (AvgIpc) is 2.81. The van der Waals surface area contributed by atoms with Crippen LogP contribution in [0.1, 0.15) is 32.1 Å². The van der Waals surface area contributed by atoms with Gasteiger partial charge in [0.25, 0.3) is 0 Å². The van der Waals surface area contributed by atoms with Crippen LogP contribution in [0.15, 0.2) is 6.33 Å². The fourth-order valence-corrected chi connectivity index (χ4v) is 2.19. The van der Waals surface area contributed by atoms with E-state index in [0.717, 1.165) is 0 Å². The number of carboxylic acid groups (broad SMARTS) is 1. The van der Waals surface area contributed by atoms with Gasteiger partial charge in [-0.3, -0.25) is 9.59 Å². The van der Waals surface area contributed by atoms with E-state index in [4.69, 9.17) is 0 Å². The molecule has 0 atom stereocenters. The van der Waals surface area contributed by atoms with E-state index in [0.29, 0.717) is 38.6 Å². The minimum atomic E-state index is -0.821. The quantitative estimate of drug-likeness (QED) is 0.808. The largest absolute Gasteiger partial charge is 0.481 e. The zero-order valence-electron chi connectivity index (χ0n) is 9.37. The lowest BCUT2D eigenvalue weighted by molar-refractivity contribution is -0.152. The second-order valence-corrected chi connectivity index (χ2v) is 4.45. The van der Waals surface area contributed by atoms with Crippen LogP contribution in [0.2, 0.25) is 0 Å². The molecule has 0 radical (unpaired) electrons. The maximum Gasteiger partial charge on any atom is 0.309 e. The Hall–Kier alpha value is -1.79. The molecule has 2 rings (SSSR count). The molecule has 1 aliphatic carbocycles. The lowest BCUT2D eigenvalue weighted by Gasteiger charge is -2.32. The Morgan fingerprint density at radius 1 is 1.47 bits per heavy atom. The molecule has 0 saturated heterocycles. The number of carboxylic acids is 1. The van der Waals surface area contributed by atoms with Crippen LogP contribution in [-0.4, -0.2) is 37.1 Å². The van der Waals surface area contributed by atoms with Gasteiger partial charge in [-0.05, 0) is 29.7 Å². The normalized spacial score (nSPS) is 19.2. The summed E-state index contributed by atoms with van der Waals surface area (Å²) >= 11 is 0. The Kier molecular flexibility index (Phi) is 3.16. The van der Waals surface area contributed by atoms with Crippen LogP contribution in [0.25, 0.3) is 0 Å². The highest BCUT2D eigenvalue weighted by atomic mass is 16.4. The lowest BCUT2D eigenvalue weighted by atomic mass is 9.71. The fraction of sp³-hybridized carbons (Fsp3) is 0.700. The Balaban J connectivity index is 2.02. The topological polar surface area (TPSA) is 98.0 Å². The van der Waals surface area contributed by atoms with Gasteiger partial charge in [0.2, 0.25) is 0 Å². The number of ketones is 1. The predicted octanol–water partition coefficient (Wildman–Crippen LogP) is 0.277. The molecule has 92 valence electrons. The molecule has 1 aromatic heterocycles. The molecule has 7 heteroatoms. The summed E-state index contributed by atoms with van der Waals surface area (Å²) in [6.45, 7) is 0.466. The molecule has 1 saturated carbocycles. The summed E-state index contributed by atoms with van der Waals surface area (Å²) in [5, 5.41) is 20.0. The minimum Gasteiger partial charge on any atom is -0.481 e. The molecule has 0 aromatic carbocycles. The van der Waals surface area contributed by atoms with Crippen LogP contribution in [0.4, 0.5) is 0 Å². The average molecular weight is 238 g/mol. The molecule has 17 heavy (non-hydrogen) atoms. The number of rotatable bonds is 4. The molecule has 1 fully saturated rings. The molecule has 1 N–H and O–H groups in total. The van der Waals surface area contributed by atoms with Gasteiger partial charge < -0.3 is 5.11 Å². The van der Waals surface area contributed by atoms with Gasteiger partial charge in [0.1, 0.15) is 12.1 Å². The highest BCUT2D eigenvalue weighted by molar-refractivity contribution is 5.83. The summed E-state index contributed by atoms with van der Waals surface area (Å²) in [4.78, 5) is 22.5. The molecule has 1 heterocycles. The van der Waals surface area contributed by atoms with E-state index < -0.39 is 11.4 Å². The summed E-state index contributed by atoms with van der Waals surface area (Å²) in [5.41, 5.74) is -0.792. The Morgan fingerprint density at radius 3 is 2.71 bits per heavy atom. The number of hydrogen-bond donors (Lipinski definition) is 1. The number of carbonyl (C=O) groups excluding carboxylic acids is 1. The second kappa shape index (κ2) is 4.60. The minimum absolute atomic E-state index is 0.157. The van der Waals surface area contributed by atoms with Gasteiger partial charge in [-0.1, -0.05) is 0 Å². The van der Waals surface area contributed by atoms with Crippen molar-refractivity contribution in [1.82, 2.24) is 20.2 Å². The monoisotopic (exact) mass is 238 g/mol. The lowest BCUT2D eigenvalue weighted by Crippen LogP contribution is -2.36. The van der Waals surface area contributed by atoms with Gasteiger partial charge in [-0.25, -0.2) is 4.68 Å². The number of hydrogen-bond acceptors (Lipinski definition) is 5. The second-order valence-electron chi connectivity index (χ2n) is 4.45. The van der Waals surface area contributed by atoms with Gasteiger partial charge in [0.05, 0.1) is 5.41 Å². The number of nitrogens with zero attached hydrogens (tertiary/aromatic N) is 4. The van der Waals surface area contributed by atoms with Gasteiger partial charge in [0, 0.05) is 19.4 Å². The maximum atomic E-state index is 11.4. The first kappa shape index (κ1) is 11.7. The molecule has 1 aromatic rings. The van der Waals surface area contributed by atoms with Crippen LogP contribution in [0.3, 0.4) is 0 Å². The summed E-state index contributed by atoms with van der Waals surface area (Å²) < 4.78 is 1.51. The van der Waals surface area contributed by atoms with Crippen molar-refractivity contribution in [3.8, 4) is 0 Å². The maximum absolute atomic E-state index is 11.4. The Bertz CT molecular complexity index is 405. The number of aliphatic carboxylic acids is 1. The third-order valence-electron chi connectivity index (χ3n) is 3.43. The van der Waals surface area contributed by atoms with Crippen LogP contribution >= 0.6 is 0 Å². The van der Waals surface area contributed by atoms with Crippen LogP contribution < -0.4 is 0 Å². The van der Waals surface area contributed by atoms with Crippen molar-refractivity contribution in [2.24, 2.45) is 5.41 Å². The van der Waals surface area contributed by atoms with Crippen molar-refractivity contribution in [3.05, 3.63) is 6.33 Å². The zero-order chi connectivity index (χ0) is 12.3. The Labute approximate surface area is 97.8 Å².